The Kier molecular flexibility index (Phi) is 7.56. The monoisotopic (exact) mass is 350 g/mol. The molecule has 0 atom stereocenters. The zero-order valence-corrected chi connectivity index (χ0v) is 15.1. The van der Waals surface area contributed by atoms with Gasteiger partial charge in [-0.25, -0.2) is 4.98 Å². The summed E-state index contributed by atoms with van der Waals surface area (Å²) in [6, 6.07) is 8.79. The van der Waals surface area contributed by atoms with Crippen molar-refractivity contribution in [3.63, 3.8) is 0 Å². The number of nitrogens with zero attached hydrogens (tertiary/aromatic N) is 1. The van der Waals surface area contributed by atoms with Gasteiger partial charge in [-0.15, -0.1) is 22.9 Å². The maximum atomic E-state index is 11.7. The first-order valence-corrected chi connectivity index (χ1v) is 9.44. The molecule has 124 valence electrons. The van der Waals surface area contributed by atoms with Crippen LogP contribution in [0, 0.1) is 0 Å². The van der Waals surface area contributed by atoms with E-state index < -0.39 is 0 Å². The van der Waals surface area contributed by atoms with Gasteiger partial charge in [-0.05, 0) is 30.4 Å². The first kappa shape index (κ1) is 18.0. The van der Waals surface area contributed by atoms with Crippen LogP contribution in [0.2, 0.25) is 0 Å². The normalized spacial score (nSPS) is 10.7. The number of benzene rings is 1. The van der Waals surface area contributed by atoms with Gasteiger partial charge in [0.05, 0.1) is 0 Å². The molecule has 0 bridgehead atoms. The highest BCUT2D eigenvalue weighted by Gasteiger charge is 2.07. The summed E-state index contributed by atoms with van der Waals surface area (Å²) in [5.74, 6) is 0.483. The van der Waals surface area contributed by atoms with Crippen LogP contribution in [0.1, 0.15) is 48.6 Å². The van der Waals surface area contributed by atoms with Gasteiger partial charge in [-0.3, -0.25) is 4.79 Å². The first-order chi connectivity index (χ1) is 11.2. The van der Waals surface area contributed by atoms with E-state index in [1.807, 2.05) is 6.20 Å². The second-order valence-electron chi connectivity index (χ2n) is 5.57. The molecule has 2 aromatic rings. The lowest BCUT2D eigenvalue weighted by molar-refractivity contribution is -0.116. The molecule has 0 radical (unpaired) electrons. The molecule has 0 aliphatic heterocycles. The van der Waals surface area contributed by atoms with Crippen LogP contribution in [0.3, 0.4) is 0 Å². The van der Waals surface area contributed by atoms with Gasteiger partial charge in [0.2, 0.25) is 5.91 Å². The van der Waals surface area contributed by atoms with Crippen LogP contribution in [0.25, 0.3) is 0 Å². The molecule has 2 rings (SSSR count). The van der Waals surface area contributed by atoms with Crippen LogP contribution < -0.4 is 5.32 Å². The molecule has 0 aliphatic carbocycles. The zero-order valence-electron chi connectivity index (χ0n) is 13.5. The number of nitrogens with one attached hydrogen (secondary N) is 1. The van der Waals surface area contributed by atoms with E-state index in [9.17, 15) is 4.79 Å². The third-order valence-corrected chi connectivity index (χ3v) is 4.74. The van der Waals surface area contributed by atoms with Gasteiger partial charge in [0.25, 0.3) is 0 Å². The Morgan fingerprint density at radius 3 is 2.65 bits per heavy atom. The lowest BCUT2D eigenvalue weighted by atomic mass is 10.0. The van der Waals surface area contributed by atoms with Crippen LogP contribution in [0.4, 0.5) is 5.13 Å². The smallest absolute Gasteiger partial charge is 0.226 e. The topological polar surface area (TPSA) is 42.0 Å². The summed E-state index contributed by atoms with van der Waals surface area (Å²) in [4.78, 5) is 17.1. The molecular formula is C18H23ClN2OS. The summed E-state index contributed by atoms with van der Waals surface area (Å²) < 4.78 is 0. The second kappa shape index (κ2) is 9.68. The molecule has 0 saturated carbocycles. The molecule has 1 N–H and O–H groups in total. The number of aryl methyl sites for hydroxylation is 1. The number of carbonyl (C=O) groups is 1. The standard InChI is InChI=1S/C18H23ClN2OS/c1-2-3-5-14-7-9-15(10-8-14)12-16-13-20-18(23-16)21-17(22)6-4-11-19/h7-10,13H,2-6,11-12H2,1H3,(H,20,21,22). The highest BCUT2D eigenvalue weighted by molar-refractivity contribution is 7.15. The van der Waals surface area contributed by atoms with E-state index in [4.69, 9.17) is 11.6 Å². The molecule has 0 aliphatic rings. The number of hydrogen-bond acceptors (Lipinski definition) is 3. The summed E-state index contributed by atoms with van der Waals surface area (Å²) >= 11 is 7.12. The van der Waals surface area contributed by atoms with E-state index in [0.717, 1.165) is 17.7 Å². The Morgan fingerprint density at radius 2 is 1.96 bits per heavy atom. The number of unbranched alkanes of at least 4 members (excludes halogenated alkanes) is 1. The fraction of sp³-hybridized carbons (Fsp3) is 0.444. The van der Waals surface area contributed by atoms with Crippen LogP contribution in [-0.2, 0) is 17.6 Å². The van der Waals surface area contributed by atoms with Crippen LogP contribution >= 0.6 is 22.9 Å². The minimum Gasteiger partial charge on any atom is -0.302 e. The SMILES string of the molecule is CCCCc1ccc(Cc2cnc(NC(=O)CCCCl)s2)cc1. The molecule has 23 heavy (non-hydrogen) atoms. The van der Waals surface area contributed by atoms with Crippen molar-refractivity contribution in [1.29, 1.82) is 0 Å². The highest BCUT2D eigenvalue weighted by Crippen LogP contribution is 2.22. The molecule has 1 heterocycles. The minimum atomic E-state index is -0.0215. The number of halogens is 1. The number of anilines is 1. The molecule has 1 amide bonds. The number of thiazole rings is 1. The fourth-order valence-electron chi connectivity index (χ4n) is 2.26. The number of rotatable bonds is 9. The molecule has 5 heteroatoms. The summed E-state index contributed by atoms with van der Waals surface area (Å²) in [7, 11) is 0. The molecular weight excluding hydrogens is 328 g/mol. The van der Waals surface area contributed by atoms with Gasteiger partial charge < -0.3 is 5.32 Å². The van der Waals surface area contributed by atoms with E-state index in [1.165, 1.54) is 35.3 Å². The van der Waals surface area contributed by atoms with Crippen molar-refractivity contribution in [2.24, 2.45) is 0 Å². The average Bonchev–Trinajstić information content (AvgIpc) is 2.99. The largest absolute Gasteiger partial charge is 0.302 e. The summed E-state index contributed by atoms with van der Waals surface area (Å²) in [5, 5.41) is 3.49. The quantitative estimate of drug-likeness (QED) is 0.644. The Bertz CT molecular complexity index is 610. The van der Waals surface area contributed by atoms with Gasteiger partial charge in [0.1, 0.15) is 0 Å². The van der Waals surface area contributed by atoms with Gasteiger partial charge >= 0.3 is 0 Å². The van der Waals surface area contributed by atoms with E-state index in [1.54, 1.807) is 0 Å². The van der Waals surface area contributed by atoms with E-state index in [2.05, 4.69) is 41.5 Å². The third-order valence-electron chi connectivity index (χ3n) is 3.56. The Balaban J connectivity index is 1.87. The summed E-state index contributed by atoms with van der Waals surface area (Å²) in [5.41, 5.74) is 2.67. The Labute approximate surface area is 147 Å². The number of alkyl halides is 1. The summed E-state index contributed by atoms with van der Waals surface area (Å²) in [6.07, 6.45) is 7.43. The minimum absolute atomic E-state index is 0.0215. The number of hydrogen-bond donors (Lipinski definition) is 1. The lowest BCUT2D eigenvalue weighted by Crippen LogP contribution is -2.10. The van der Waals surface area contributed by atoms with E-state index in [-0.39, 0.29) is 5.91 Å². The molecule has 0 spiro atoms. The average molecular weight is 351 g/mol. The molecule has 0 saturated heterocycles. The molecule has 0 unspecified atom stereocenters. The van der Waals surface area contributed by atoms with E-state index in [0.29, 0.717) is 23.9 Å². The predicted octanol–water partition coefficient (Wildman–Crippen LogP) is 5.03. The molecule has 1 aromatic heterocycles. The van der Waals surface area contributed by atoms with Gasteiger partial charge in [0, 0.05) is 29.8 Å². The van der Waals surface area contributed by atoms with E-state index >= 15 is 0 Å². The van der Waals surface area contributed by atoms with Crippen LogP contribution in [0.5, 0.6) is 0 Å². The van der Waals surface area contributed by atoms with Crippen molar-refractivity contribution in [3.8, 4) is 0 Å². The van der Waals surface area contributed by atoms with Crippen LogP contribution in [-0.4, -0.2) is 16.8 Å². The number of aromatic nitrogens is 1. The second-order valence-corrected chi connectivity index (χ2v) is 7.06. The maximum absolute atomic E-state index is 11.7. The first-order valence-electron chi connectivity index (χ1n) is 8.09. The molecule has 0 fully saturated rings. The van der Waals surface area contributed by atoms with Gasteiger partial charge in [-0.1, -0.05) is 37.6 Å². The number of amides is 1. The Morgan fingerprint density at radius 1 is 1.22 bits per heavy atom. The highest BCUT2D eigenvalue weighted by atomic mass is 35.5. The lowest BCUT2D eigenvalue weighted by Gasteiger charge is -2.02. The zero-order chi connectivity index (χ0) is 16.5. The van der Waals surface area contributed by atoms with Crippen molar-refractivity contribution in [2.75, 3.05) is 11.2 Å². The van der Waals surface area contributed by atoms with Gasteiger partial charge in [-0.2, -0.15) is 0 Å². The Hall–Kier alpha value is -1.39. The molecule has 1 aromatic carbocycles. The maximum Gasteiger partial charge on any atom is 0.226 e. The number of carbonyl (C=O) groups excluding carboxylic acids is 1. The van der Waals surface area contributed by atoms with Crippen molar-refractivity contribution in [3.05, 3.63) is 46.5 Å². The molecule has 3 nitrogen and oxygen atoms in total. The van der Waals surface area contributed by atoms with Gasteiger partial charge in [0.15, 0.2) is 5.13 Å². The summed E-state index contributed by atoms with van der Waals surface area (Å²) in [6.45, 7) is 2.21. The van der Waals surface area contributed by atoms with Crippen molar-refractivity contribution >= 4 is 34.0 Å². The van der Waals surface area contributed by atoms with Crippen molar-refractivity contribution in [1.82, 2.24) is 4.98 Å². The van der Waals surface area contributed by atoms with Crippen molar-refractivity contribution < 1.29 is 4.79 Å². The predicted molar refractivity (Wildman–Crippen MR) is 98.6 cm³/mol. The third kappa shape index (κ3) is 6.32. The fourth-order valence-corrected chi connectivity index (χ4v) is 3.26. The van der Waals surface area contributed by atoms with Crippen LogP contribution in [0.15, 0.2) is 30.5 Å². The van der Waals surface area contributed by atoms with Crippen molar-refractivity contribution in [2.45, 2.75) is 45.4 Å².